The van der Waals surface area contributed by atoms with Crippen LogP contribution in [0.3, 0.4) is 0 Å². The van der Waals surface area contributed by atoms with Crippen LogP contribution in [0.1, 0.15) is 51.8 Å². The highest BCUT2D eigenvalue weighted by atomic mass is 19.1. The van der Waals surface area contributed by atoms with E-state index < -0.39 is 0 Å². The van der Waals surface area contributed by atoms with Gasteiger partial charge >= 0.3 is 0 Å². The lowest BCUT2D eigenvalue weighted by molar-refractivity contribution is 0.316. The molecule has 110 valence electrons. The summed E-state index contributed by atoms with van der Waals surface area (Å²) in [6.45, 7) is 7.50. The summed E-state index contributed by atoms with van der Waals surface area (Å²) < 4.78 is 19.5. The number of hydrogen-bond acceptors (Lipinski definition) is 2. The van der Waals surface area contributed by atoms with Gasteiger partial charge in [-0.15, -0.1) is 0 Å². The van der Waals surface area contributed by atoms with E-state index in [-0.39, 0.29) is 11.9 Å². The van der Waals surface area contributed by atoms with Gasteiger partial charge in [0.2, 0.25) is 0 Å². The molecule has 2 rings (SSSR count). The first-order valence-corrected chi connectivity index (χ1v) is 7.58. The normalized spacial score (nSPS) is 14.6. The Morgan fingerprint density at radius 2 is 2.05 bits per heavy atom. The molecule has 0 amide bonds. The molecule has 0 aliphatic rings. The maximum absolute atomic E-state index is 13.7. The van der Waals surface area contributed by atoms with Gasteiger partial charge in [-0.2, -0.15) is 0 Å². The molecule has 3 heteroatoms. The van der Waals surface area contributed by atoms with Crippen LogP contribution >= 0.6 is 0 Å². The highest BCUT2D eigenvalue weighted by molar-refractivity contribution is 5.78. The number of benzene rings is 1. The highest BCUT2D eigenvalue weighted by Gasteiger charge is 2.22. The Hall–Kier alpha value is -1.35. The third kappa shape index (κ3) is 3.21. The van der Waals surface area contributed by atoms with E-state index in [9.17, 15) is 4.39 Å². The largest absolute Gasteiger partial charge is 0.456 e. The molecule has 0 fully saturated rings. The molecule has 0 saturated carbocycles. The van der Waals surface area contributed by atoms with Crippen molar-refractivity contribution in [3.63, 3.8) is 0 Å². The highest BCUT2D eigenvalue weighted by Crippen LogP contribution is 2.31. The van der Waals surface area contributed by atoms with E-state index in [4.69, 9.17) is 4.42 Å². The van der Waals surface area contributed by atoms with Gasteiger partial charge in [0, 0.05) is 5.39 Å². The third-order valence-electron chi connectivity index (χ3n) is 3.75. The van der Waals surface area contributed by atoms with Crippen LogP contribution in [0.4, 0.5) is 4.39 Å². The molecule has 2 unspecified atom stereocenters. The van der Waals surface area contributed by atoms with Gasteiger partial charge in [-0.3, -0.25) is 0 Å². The van der Waals surface area contributed by atoms with Gasteiger partial charge in [-0.05, 0) is 37.4 Å². The standard InChI is InChI=1S/C17H24FNO/c1-4-7-12(3)16(19-10-5-2)15-11-13-8-6-9-14(18)17(13)20-15/h6,8-9,11-12,16,19H,4-5,7,10H2,1-3H3. The average Bonchev–Trinajstić information content (AvgIpc) is 2.85. The summed E-state index contributed by atoms with van der Waals surface area (Å²) in [5, 5.41) is 4.37. The van der Waals surface area contributed by atoms with Crippen molar-refractivity contribution in [1.29, 1.82) is 0 Å². The van der Waals surface area contributed by atoms with Crippen LogP contribution in [-0.4, -0.2) is 6.54 Å². The summed E-state index contributed by atoms with van der Waals surface area (Å²) in [5.41, 5.74) is 0.370. The average molecular weight is 277 g/mol. The zero-order chi connectivity index (χ0) is 14.5. The van der Waals surface area contributed by atoms with Gasteiger partial charge in [0.05, 0.1) is 6.04 Å². The Balaban J connectivity index is 2.32. The number of nitrogens with one attached hydrogen (secondary N) is 1. The van der Waals surface area contributed by atoms with Crippen LogP contribution in [0, 0.1) is 11.7 Å². The zero-order valence-electron chi connectivity index (χ0n) is 12.6. The maximum atomic E-state index is 13.7. The molecular weight excluding hydrogens is 253 g/mol. The summed E-state index contributed by atoms with van der Waals surface area (Å²) in [6, 6.07) is 7.19. The number of halogens is 1. The van der Waals surface area contributed by atoms with E-state index in [0.29, 0.717) is 11.5 Å². The molecule has 2 nitrogen and oxygen atoms in total. The van der Waals surface area contributed by atoms with Crippen LogP contribution in [0.2, 0.25) is 0 Å². The van der Waals surface area contributed by atoms with Crippen molar-refractivity contribution in [3.05, 3.63) is 35.8 Å². The van der Waals surface area contributed by atoms with Crippen molar-refractivity contribution in [2.45, 2.75) is 46.1 Å². The zero-order valence-corrected chi connectivity index (χ0v) is 12.6. The van der Waals surface area contributed by atoms with E-state index in [1.165, 1.54) is 6.07 Å². The fourth-order valence-electron chi connectivity index (χ4n) is 2.70. The molecule has 1 N–H and O–H groups in total. The molecule has 2 atom stereocenters. The predicted molar refractivity (Wildman–Crippen MR) is 81.3 cm³/mol. The minimum atomic E-state index is -0.286. The molecule has 20 heavy (non-hydrogen) atoms. The molecule has 0 saturated heterocycles. The first kappa shape index (κ1) is 15.0. The van der Waals surface area contributed by atoms with Crippen molar-refractivity contribution < 1.29 is 8.81 Å². The molecule has 1 heterocycles. The summed E-state index contributed by atoms with van der Waals surface area (Å²) in [4.78, 5) is 0. The summed E-state index contributed by atoms with van der Waals surface area (Å²) >= 11 is 0. The molecule has 0 bridgehead atoms. The third-order valence-corrected chi connectivity index (χ3v) is 3.75. The number of rotatable bonds is 7. The topological polar surface area (TPSA) is 25.2 Å². The second-order valence-corrected chi connectivity index (χ2v) is 5.50. The van der Waals surface area contributed by atoms with E-state index in [0.717, 1.165) is 37.0 Å². The summed E-state index contributed by atoms with van der Waals surface area (Å²) in [5.74, 6) is 1.03. The van der Waals surface area contributed by atoms with Crippen molar-refractivity contribution >= 4 is 11.0 Å². The number of fused-ring (bicyclic) bond motifs is 1. The lowest BCUT2D eigenvalue weighted by Gasteiger charge is -2.23. The quantitative estimate of drug-likeness (QED) is 0.766. The van der Waals surface area contributed by atoms with Crippen LogP contribution in [0.5, 0.6) is 0 Å². The van der Waals surface area contributed by atoms with Gasteiger partial charge in [0.15, 0.2) is 11.4 Å². The predicted octanol–water partition coefficient (Wildman–Crippen LogP) is 5.05. The number of hydrogen-bond donors (Lipinski definition) is 1. The second kappa shape index (κ2) is 6.89. The SMILES string of the molecule is CCCNC(c1cc2cccc(F)c2o1)C(C)CCC. The van der Waals surface area contributed by atoms with Crippen LogP contribution in [0.25, 0.3) is 11.0 Å². The molecule has 0 radical (unpaired) electrons. The van der Waals surface area contributed by atoms with Crippen molar-refractivity contribution in [3.8, 4) is 0 Å². The van der Waals surface area contributed by atoms with E-state index >= 15 is 0 Å². The van der Waals surface area contributed by atoms with Crippen molar-refractivity contribution in [2.24, 2.45) is 5.92 Å². The van der Waals surface area contributed by atoms with Gasteiger partial charge in [0.1, 0.15) is 5.76 Å². The molecular formula is C17H24FNO. The Labute approximate surface area is 120 Å². The summed E-state index contributed by atoms with van der Waals surface area (Å²) in [7, 11) is 0. The lowest BCUT2D eigenvalue weighted by Crippen LogP contribution is -2.27. The molecule has 1 aromatic carbocycles. The fraction of sp³-hybridized carbons (Fsp3) is 0.529. The molecule has 0 spiro atoms. The molecule has 0 aliphatic heterocycles. The smallest absolute Gasteiger partial charge is 0.169 e. The Morgan fingerprint density at radius 1 is 1.25 bits per heavy atom. The van der Waals surface area contributed by atoms with Gasteiger partial charge in [-0.1, -0.05) is 39.3 Å². The fourth-order valence-corrected chi connectivity index (χ4v) is 2.70. The van der Waals surface area contributed by atoms with Crippen molar-refractivity contribution in [2.75, 3.05) is 6.54 Å². The van der Waals surface area contributed by atoms with Crippen LogP contribution in [-0.2, 0) is 0 Å². The Kier molecular flexibility index (Phi) is 5.18. The van der Waals surface area contributed by atoms with Crippen LogP contribution < -0.4 is 5.32 Å². The Morgan fingerprint density at radius 3 is 2.70 bits per heavy atom. The van der Waals surface area contributed by atoms with E-state index in [1.54, 1.807) is 6.07 Å². The first-order valence-electron chi connectivity index (χ1n) is 7.58. The maximum Gasteiger partial charge on any atom is 0.169 e. The van der Waals surface area contributed by atoms with Gasteiger partial charge < -0.3 is 9.73 Å². The number of furan rings is 1. The van der Waals surface area contributed by atoms with Gasteiger partial charge in [0.25, 0.3) is 0 Å². The lowest BCUT2D eigenvalue weighted by atomic mass is 9.94. The second-order valence-electron chi connectivity index (χ2n) is 5.50. The van der Waals surface area contributed by atoms with Crippen molar-refractivity contribution in [1.82, 2.24) is 5.32 Å². The minimum Gasteiger partial charge on any atom is -0.456 e. The summed E-state index contributed by atoms with van der Waals surface area (Å²) in [6.07, 6.45) is 3.34. The monoisotopic (exact) mass is 277 g/mol. The molecule has 0 aliphatic carbocycles. The van der Waals surface area contributed by atoms with Crippen LogP contribution in [0.15, 0.2) is 28.7 Å². The molecule has 1 aromatic heterocycles. The van der Waals surface area contributed by atoms with E-state index in [2.05, 4.69) is 26.1 Å². The van der Waals surface area contributed by atoms with E-state index in [1.807, 2.05) is 12.1 Å². The Bertz CT molecular complexity index is 549. The molecule has 2 aromatic rings. The first-order chi connectivity index (χ1) is 9.67. The van der Waals surface area contributed by atoms with Gasteiger partial charge in [-0.25, -0.2) is 4.39 Å². The minimum absolute atomic E-state index is 0.154. The number of para-hydroxylation sites is 1.